The number of likely N-dealkylation sites (tertiary alicyclic amines) is 1. The van der Waals surface area contributed by atoms with E-state index in [0.29, 0.717) is 28.0 Å². The fourth-order valence-electron chi connectivity index (χ4n) is 6.74. The van der Waals surface area contributed by atoms with E-state index in [1.54, 1.807) is 31.6 Å². The predicted molar refractivity (Wildman–Crippen MR) is 162 cm³/mol. The van der Waals surface area contributed by atoms with Crippen molar-refractivity contribution in [3.63, 3.8) is 0 Å². The number of nitrogens with zero attached hydrogens (tertiary/aromatic N) is 5. The van der Waals surface area contributed by atoms with Crippen LogP contribution in [0.3, 0.4) is 0 Å². The molecule has 40 heavy (non-hydrogen) atoms. The molecular weight excluding hydrogens is 522 g/mol. The largest absolute Gasteiger partial charge is 0.505 e. The summed E-state index contributed by atoms with van der Waals surface area (Å²) in [6, 6.07) is 16.3. The van der Waals surface area contributed by atoms with E-state index in [0.717, 1.165) is 35.6 Å². The Labute approximate surface area is 240 Å². The summed E-state index contributed by atoms with van der Waals surface area (Å²) in [5.74, 6) is 0.114. The third-order valence-electron chi connectivity index (χ3n) is 8.68. The van der Waals surface area contributed by atoms with Crippen LogP contribution >= 0.6 is 11.6 Å². The molecule has 1 unspecified atom stereocenters. The second-order valence-corrected chi connectivity index (χ2v) is 12.0. The molecule has 0 aliphatic carbocycles. The van der Waals surface area contributed by atoms with Crippen molar-refractivity contribution in [2.24, 2.45) is 7.05 Å². The van der Waals surface area contributed by atoms with E-state index < -0.39 is 0 Å². The van der Waals surface area contributed by atoms with Gasteiger partial charge in [-0.15, -0.1) is 0 Å². The lowest BCUT2D eigenvalue weighted by atomic mass is 9.94. The van der Waals surface area contributed by atoms with Gasteiger partial charge in [0.2, 0.25) is 0 Å². The number of anilines is 1. The first-order chi connectivity index (χ1) is 19.2. The zero-order valence-corrected chi connectivity index (χ0v) is 24.3. The van der Waals surface area contributed by atoms with Crippen LogP contribution in [0, 0.1) is 6.92 Å². The molecule has 0 saturated carbocycles. The molecule has 7 nitrogen and oxygen atoms in total. The Hall–Kier alpha value is -3.55. The average Bonchev–Trinajstić information content (AvgIpc) is 3.65. The molecule has 2 saturated heterocycles. The minimum atomic E-state index is -0.173. The molecule has 2 aliphatic heterocycles. The number of aryl methyl sites for hydroxylation is 2. The van der Waals surface area contributed by atoms with E-state index in [4.69, 9.17) is 16.6 Å². The number of rotatable bonds is 5. The van der Waals surface area contributed by atoms with E-state index in [1.165, 1.54) is 34.9 Å². The van der Waals surface area contributed by atoms with Crippen molar-refractivity contribution in [2.45, 2.75) is 51.6 Å². The van der Waals surface area contributed by atoms with Gasteiger partial charge < -0.3 is 14.6 Å². The first-order valence-electron chi connectivity index (χ1n) is 14.0. The lowest BCUT2D eigenvalue weighted by Gasteiger charge is -2.38. The second-order valence-electron chi connectivity index (χ2n) is 11.6. The standard InChI is InChI=1S/C32H36ClN5O2/c1-21(2)38-13-6-11-32(38)12-14-36(20-32)25-8-5-7-24(18-25)29-30(39)26(17-22(3)34-29)23-9-10-28(27(33)19-23)37-16-15-35(4)31(37)40/h5,7-10,15-19,21,39H,6,11-14,20H2,1-4H3. The van der Waals surface area contributed by atoms with Gasteiger partial charge in [0.25, 0.3) is 0 Å². The van der Waals surface area contributed by atoms with E-state index in [-0.39, 0.29) is 17.0 Å². The van der Waals surface area contributed by atoms with Gasteiger partial charge in [0.15, 0.2) is 0 Å². The molecule has 2 aromatic heterocycles. The maximum Gasteiger partial charge on any atom is 0.332 e. The molecule has 4 aromatic rings. The summed E-state index contributed by atoms with van der Waals surface area (Å²) in [5, 5.41) is 11.9. The molecule has 1 N–H and O–H groups in total. The van der Waals surface area contributed by atoms with Crippen molar-refractivity contribution in [2.75, 3.05) is 24.5 Å². The number of benzene rings is 2. The van der Waals surface area contributed by atoms with Crippen LogP contribution in [0.1, 0.15) is 38.8 Å². The van der Waals surface area contributed by atoms with Gasteiger partial charge >= 0.3 is 5.69 Å². The molecule has 0 radical (unpaired) electrons. The summed E-state index contributed by atoms with van der Waals surface area (Å²) < 4.78 is 3.01. The fourth-order valence-corrected chi connectivity index (χ4v) is 7.01. The highest BCUT2D eigenvalue weighted by Crippen LogP contribution is 2.43. The van der Waals surface area contributed by atoms with Crippen molar-refractivity contribution in [1.29, 1.82) is 0 Å². The van der Waals surface area contributed by atoms with Gasteiger partial charge in [-0.1, -0.05) is 29.8 Å². The van der Waals surface area contributed by atoms with Crippen LogP contribution in [0.5, 0.6) is 5.75 Å². The Morgan fingerprint density at radius 1 is 1.02 bits per heavy atom. The van der Waals surface area contributed by atoms with Crippen LogP contribution in [-0.2, 0) is 7.05 Å². The Morgan fingerprint density at radius 2 is 1.85 bits per heavy atom. The molecule has 0 bridgehead atoms. The fraction of sp³-hybridized carbons (Fsp3) is 0.375. The van der Waals surface area contributed by atoms with Gasteiger partial charge in [-0.25, -0.2) is 9.78 Å². The SMILES string of the molecule is Cc1cc(-c2ccc(-n3ccn(C)c3=O)c(Cl)c2)c(O)c(-c2cccc(N3CCC4(CCCN4C(C)C)C3)c2)n1. The maximum atomic E-state index is 12.4. The number of pyridine rings is 1. The summed E-state index contributed by atoms with van der Waals surface area (Å²) in [5.41, 5.74) is 5.49. The van der Waals surface area contributed by atoms with Crippen molar-refractivity contribution < 1.29 is 5.11 Å². The lowest BCUT2D eigenvalue weighted by molar-refractivity contribution is 0.120. The molecule has 0 amide bonds. The van der Waals surface area contributed by atoms with E-state index in [1.807, 2.05) is 25.1 Å². The maximum absolute atomic E-state index is 12.4. The minimum Gasteiger partial charge on any atom is -0.505 e. The summed E-state index contributed by atoms with van der Waals surface area (Å²) in [4.78, 5) is 22.4. The number of aromatic hydroxyl groups is 1. The Kier molecular flexibility index (Phi) is 6.75. The van der Waals surface area contributed by atoms with Crippen molar-refractivity contribution in [3.05, 3.63) is 82.1 Å². The quantitative estimate of drug-likeness (QED) is 0.325. The summed E-state index contributed by atoms with van der Waals surface area (Å²) >= 11 is 6.64. The Morgan fingerprint density at radius 3 is 2.58 bits per heavy atom. The number of hydrogen-bond acceptors (Lipinski definition) is 5. The van der Waals surface area contributed by atoms with E-state index >= 15 is 0 Å². The van der Waals surface area contributed by atoms with Crippen LogP contribution in [0.25, 0.3) is 28.1 Å². The summed E-state index contributed by atoms with van der Waals surface area (Å²) in [7, 11) is 1.70. The molecule has 208 valence electrons. The lowest BCUT2D eigenvalue weighted by Crippen LogP contribution is -2.49. The summed E-state index contributed by atoms with van der Waals surface area (Å²) in [6.07, 6.45) is 7.09. The van der Waals surface area contributed by atoms with Crippen LogP contribution in [0.2, 0.25) is 5.02 Å². The number of hydrogen-bond donors (Lipinski definition) is 1. The Balaban J connectivity index is 1.33. The first kappa shape index (κ1) is 26.7. The monoisotopic (exact) mass is 557 g/mol. The van der Waals surface area contributed by atoms with Crippen molar-refractivity contribution >= 4 is 17.3 Å². The molecule has 4 heterocycles. The molecular formula is C32H36ClN5O2. The highest BCUT2D eigenvalue weighted by molar-refractivity contribution is 6.32. The van der Waals surface area contributed by atoms with Gasteiger partial charge in [0, 0.05) is 66.6 Å². The van der Waals surface area contributed by atoms with Crippen molar-refractivity contribution in [3.8, 4) is 33.8 Å². The van der Waals surface area contributed by atoms with Crippen molar-refractivity contribution in [1.82, 2.24) is 19.0 Å². The summed E-state index contributed by atoms with van der Waals surface area (Å²) in [6.45, 7) is 9.79. The average molecular weight is 558 g/mol. The van der Waals surface area contributed by atoms with Gasteiger partial charge in [-0.2, -0.15) is 0 Å². The molecule has 8 heteroatoms. The molecule has 2 aliphatic rings. The smallest absolute Gasteiger partial charge is 0.332 e. The van der Waals surface area contributed by atoms with E-state index in [9.17, 15) is 9.90 Å². The van der Waals surface area contributed by atoms with Gasteiger partial charge in [-0.3, -0.25) is 9.47 Å². The minimum absolute atomic E-state index is 0.114. The molecule has 6 rings (SSSR count). The third-order valence-corrected chi connectivity index (χ3v) is 8.98. The van der Waals surface area contributed by atoms with Crippen LogP contribution < -0.4 is 10.6 Å². The molecule has 1 spiro atoms. The van der Waals surface area contributed by atoms with Crippen LogP contribution in [0.15, 0.2) is 65.7 Å². The van der Waals surface area contributed by atoms with Gasteiger partial charge in [-0.05, 0) is 82.5 Å². The topological polar surface area (TPSA) is 66.5 Å². The number of imidazole rings is 1. The van der Waals surface area contributed by atoms with Gasteiger partial charge in [0.1, 0.15) is 11.4 Å². The van der Waals surface area contributed by atoms with Crippen LogP contribution in [0.4, 0.5) is 5.69 Å². The third kappa shape index (κ3) is 4.51. The molecule has 1 atom stereocenters. The highest BCUT2D eigenvalue weighted by Gasteiger charge is 2.46. The predicted octanol–water partition coefficient (Wildman–Crippen LogP) is 6.03. The first-order valence-corrected chi connectivity index (χ1v) is 14.4. The normalized spacial score (nSPS) is 19.4. The Bertz CT molecular complexity index is 1640. The highest BCUT2D eigenvalue weighted by atomic mass is 35.5. The van der Waals surface area contributed by atoms with Crippen LogP contribution in [-0.4, -0.2) is 55.3 Å². The van der Waals surface area contributed by atoms with Gasteiger partial charge in [0.05, 0.1) is 10.7 Å². The zero-order chi connectivity index (χ0) is 28.2. The molecule has 2 fully saturated rings. The molecule has 2 aromatic carbocycles. The number of aromatic nitrogens is 3. The second kappa shape index (κ2) is 10.1. The number of halogens is 1. The van der Waals surface area contributed by atoms with E-state index in [2.05, 4.69) is 41.8 Å². The zero-order valence-electron chi connectivity index (χ0n) is 23.6.